The molecule has 1 aromatic heterocycles. The van der Waals surface area contributed by atoms with Crippen molar-refractivity contribution < 1.29 is 78.8 Å². The van der Waals surface area contributed by atoms with Crippen molar-refractivity contribution in [3.8, 4) is 28.7 Å². The van der Waals surface area contributed by atoms with Crippen LogP contribution < -0.4 is 19.6 Å². The Morgan fingerprint density at radius 3 is 2.00 bits per heavy atom. The SMILES string of the molecule is COc1ccc(O)c2c(=O)c3c(OC4OC(COC5OC(CO)C(O)C(O)C5O)C(O)C(O)C4O)cc(O)c(OC)c3oc12. The van der Waals surface area contributed by atoms with Crippen molar-refractivity contribution in [1.29, 1.82) is 0 Å². The third-order valence-electron chi connectivity index (χ3n) is 7.55. The summed E-state index contributed by atoms with van der Waals surface area (Å²) in [4.78, 5) is 13.7. The van der Waals surface area contributed by atoms with Gasteiger partial charge in [0.1, 0.15) is 71.1 Å². The van der Waals surface area contributed by atoms with Gasteiger partial charge in [-0.05, 0) is 12.1 Å². The van der Waals surface area contributed by atoms with Crippen LogP contribution in [0, 0.1) is 0 Å². The molecule has 2 fully saturated rings. The van der Waals surface area contributed by atoms with Crippen molar-refractivity contribution in [2.24, 2.45) is 0 Å². The molecule has 242 valence electrons. The van der Waals surface area contributed by atoms with Crippen LogP contribution in [0.1, 0.15) is 0 Å². The molecule has 0 aliphatic carbocycles. The molecular formula is C27H32O17. The van der Waals surface area contributed by atoms with E-state index in [9.17, 15) is 50.8 Å². The molecule has 0 saturated carbocycles. The Morgan fingerprint density at radius 2 is 1.36 bits per heavy atom. The fourth-order valence-corrected chi connectivity index (χ4v) is 5.14. The van der Waals surface area contributed by atoms with Gasteiger partial charge in [0.15, 0.2) is 29.0 Å². The highest BCUT2D eigenvalue weighted by atomic mass is 16.7. The molecule has 17 heteroatoms. The summed E-state index contributed by atoms with van der Waals surface area (Å²) in [5.74, 6) is -1.66. The summed E-state index contributed by atoms with van der Waals surface area (Å²) < 4.78 is 38.3. The molecule has 2 aliphatic heterocycles. The predicted octanol–water partition coefficient (Wildman–Crippen LogP) is -2.62. The van der Waals surface area contributed by atoms with Gasteiger partial charge in [-0.1, -0.05) is 0 Å². The van der Waals surface area contributed by atoms with Gasteiger partial charge in [-0.15, -0.1) is 0 Å². The molecule has 2 saturated heterocycles. The van der Waals surface area contributed by atoms with Crippen LogP contribution in [0.25, 0.3) is 21.9 Å². The molecule has 0 bridgehead atoms. The number of methoxy groups -OCH3 is 2. The molecule has 10 unspecified atom stereocenters. The number of hydrogen-bond acceptors (Lipinski definition) is 17. The molecule has 0 radical (unpaired) electrons. The molecule has 3 aromatic rings. The van der Waals surface area contributed by atoms with Gasteiger partial charge in [-0.3, -0.25) is 4.79 Å². The van der Waals surface area contributed by atoms with Gasteiger partial charge in [0.05, 0.1) is 27.4 Å². The fourth-order valence-electron chi connectivity index (χ4n) is 5.14. The minimum absolute atomic E-state index is 0.0788. The lowest BCUT2D eigenvalue weighted by atomic mass is 9.98. The molecule has 0 amide bonds. The number of aliphatic hydroxyl groups is 7. The first-order valence-corrected chi connectivity index (χ1v) is 13.3. The predicted molar refractivity (Wildman–Crippen MR) is 143 cm³/mol. The maximum absolute atomic E-state index is 13.7. The Bertz CT molecular complexity index is 1560. The Morgan fingerprint density at radius 1 is 0.727 bits per heavy atom. The van der Waals surface area contributed by atoms with Crippen LogP contribution in [0.4, 0.5) is 0 Å². The average molecular weight is 629 g/mol. The largest absolute Gasteiger partial charge is 0.507 e. The summed E-state index contributed by atoms with van der Waals surface area (Å²) in [7, 11) is 2.51. The number of benzene rings is 2. The van der Waals surface area contributed by atoms with Crippen molar-refractivity contribution >= 4 is 21.9 Å². The molecule has 3 heterocycles. The first kappa shape index (κ1) is 31.9. The van der Waals surface area contributed by atoms with Gasteiger partial charge >= 0.3 is 0 Å². The molecule has 10 atom stereocenters. The third-order valence-corrected chi connectivity index (χ3v) is 7.55. The maximum atomic E-state index is 13.7. The van der Waals surface area contributed by atoms with E-state index in [1.807, 2.05) is 0 Å². The van der Waals surface area contributed by atoms with Gasteiger partial charge in [0.25, 0.3) is 0 Å². The number of phenols is 2. The highest BCUT2D eigenvalue weighted by Crippen LogP contribution is 2.43. The minimum atomic E-state index is -1.92. The van der Waals surface area contributed by atoms with Crippen molar-refractivity contribution in [2.45, 2.75) is 61.4 Å². The van der Waals surface area contributed by atoms with Crippen molar-refractivity contribution in [2.75, 3.05) is 27.4 Å². The Hall–Kier alpha value is -3.49. The number of ether oxygens (including phenoxy) is 6. The van der Waals surface area contributed by atoms with Crippen LogP contribution >= 0.6 is 0 Å². The van der Waals surface area contributed by atoms with Gasteiger partial charge in [0.2, 0.25) is 17.5 Å². The number of fused-ring (bicyclic) bond motifs is 2. The molecule has 0 spiro atoms. The van der Waals surface area contributed by atoms with E-state index in [0.29, 0.717) is 0 Å². The van der Waals surface area contributed by atoms with Crippen LogP contribution in [-0.2, 0) is 14.2 Å². The number of phenolic OH excluding ortho intramolecular Hbond substituents is 2. The smallest absolute Gasteiger partial charge is 0.229 e. The standard InChI is InChI=1S/C27H32O17/c1-38-10-4-3-8(29)14-18(33)15-11(5-9(30)23(39-2)25(15)44-24(10)14)41-27-22(37)20(35)17(32)13(43-27)7-40-26-21(36)19(34)16(31)12(6-28)42-26/h3-5,12-13,16-17,19-22,26-32,34-37H,6-7H2,1-2H3. The van der Waals surface area contributed by atoms with Crippen molar-refractivity contribution in [1.82, 2.24) is 0 Å². The molecular weight excluding hydrogens is 596 g/mol. The molecule has 44 heavy (non-hydrogen) atoms. The Labute approximate surface area is 247 Å². The number of hydrogen-bond donors (Lipinski definition) is 9. The molecule has 5 rings (SSSR count). The van der Waals surface area contributed by atoms with Crippen LogP contribution in [0.2, 0.25) is 0 Å². The topological polar surface area (TPSA) is 268 Å². The molecule has 2 aliphatic rings. The zero-order valence-electron chi connectivity index (χ0n) is 23.2. The summed E-state index contributed by atoms with van der Waals surface area (Å²) in [6, 6.07) is 3.51. The van der Waals surface area contributed by atoms with Crippen molar-refractivity contribution in [3.63, 3.8) is 0 Å². The highest BCUT2D eigenvalue weighted by molar-refractivity contribution is 6.01. The summed E-state index contributed by atoms with van der Waals surface area (Å²) >= 11 is 0. The van der Waals surface area contributed by atoms with E-state index in [0.717, 1.165) is 6.07 Å². The first-order valence-electron chi connectivity index (χ1n) is 13.3. The van der Waals surface area contributed by atoms with E-state index in [1.165, 1.54) is 26.4 Å². The zero-order chi connectivity index (χ0) is 32.0. The summed E-state index contributed by atoms with van der Waals surface area (Å²) in [6.45, 7) is -1.35. The lowest BCUT2D eigenvalue weighted by molar-refractivity contribution is -0.323. The number of aliphatic hydroxyl groups excluding tert-OH is 7. The fraction of sp³-hybridized carbons (Fsp3) is 0.519. The van der Waals surface area contributed by atoms with E-state index in [-0.39, 0.29) is 33.4 Å². The van der Waals surface area contributed by atoms with Gasteiger partial charge in [-0.25, -0.2) is 0 Å². The summed E-state index contributed by atoms with van der Waals surface area (Å²) in [5, 5.41) is 91.8. The second kappa shape index (κ2) is 12.5. The zero-order valence-corrected chi connectivity index (χ0v) is 23.2. The molecule has 9 N–H and O–H groups in total. The van der Waals surface area contributed by atoms with E-state index in [2.05, 4.69) is 0 Å². The van der Waals surface area contributed by atoms with Crippen LogP contribution in [0.5, 0.6) is 28.7 Å². The average Bonchev–Trinajstić information content (AvgIpc) is 3.00. The number of aromatic hydroxyl groups is 2. The van der Waals surface area contributed by atoms with Crippen LogP contribution in [0.3, 0.4) is 0 Å². The van der Waals surface area contributed by atoms with E-state index < -0.39 is 97.3 Å². The monoisotopic (exact) mass is 628 g/mol. The van der Waals surface area contributed by atoms with Crippen LogP contribution in [0.15, 0.2) is 27.4 Å². The van der Waals surface area contributed by atoms with Gasteiger partial charge in [-0.2, -0.15) is 0 Å². The summed E-state index contributed by atoms with van der Waals surface area (Å²) in [6.07, 6.45) is -16.9. The lowest BCUT2D eigenvalue weighted by Gasteiger charge is -2.42. The minimum Gasteiger partial charge on any atom is -0.507 e. The van der Waals surface area contributed by atoms with E-state index in [1.54, 1.807) is 0 Å². The highest BCUT2D eigenvalue weighted by Gasteiger charge is 2.48. The lowest BCUT2D eigenvalue weighted by Crippen LogP contribution is -2.62. The second-order valence-electron chi connectivity index (χ2n) is 10.2. The quantitative estimate of drug-likeness (QED) is 0.116. The Kier molecular flexibility index (Phi) is 9.06. The number of rotatable bonds is 8. The van der Waals surface area contributed by atoms with Gasteiger partial charge < -0.3 is 78.8 Å². The van der Waals surface area contributed by atoms with E-state index >= 15 is 0 Å². The Balaban J connectivity index is 1.48. The first-order chi connectivity index (χ1) is 20.9. The second-order valence-corrected chi connectivity index (χ2v) is 10.2. The van der Waals surface area contributed by atoms with Crippen LogP contribution in [-0.4, -0.2) is 135 Å². The normalized spacial score (nSPS) is 32.6. The molecule has 2 aromatic carbocycles. The summed E-state index contributed by atoms with van der Waals surface area (Å²) in [5.41, 5.74) is -1.34. The maximum Gasteiger partial charge on any atom is 0.229 e. The third kappa shape index (κ3) is 5.36. The molecule has 17 nitrogen and oxygen atoms in total. The van der Waals surface area contributed by atoms with Crippen molar-refractivity contribution in [3.05, 3.63) is 28.4 Å². The van der Waals surface area contributed by atoms with Gasteiger partial charge in [0, 0.05) is 6.07 Å². The van der Waals surface area contributed by atoms with E-state index in [4.69, 9.17) is 32.8 Å².